The molecule has 5 nitrogen and oxygen atoms in total. The van der Waals surface area contributed by atoms with Crippen LogP contribution >= 0.6 is 0 Å². The lowest BCUT2D eigenvalue weighted by Gasteiger charge is -2.28. The van der Waals surface area contributed by atoms with E-state index in [-0.39, 0.29) is 24.3 Å². The molecule has 0 rings (SSSR count). The Labute approximate surface area is 103 Å². The number of hydrogen-bond donors (Lipinski definition) is 3. The Hall–Kier alpha value is -1.10. The molecule has 0 heterocycles. The van der Waals surface area contributed by atoms with Crippen LogP contribution in [-0.4, -0.2) is 29.1 Å². The highest BCUT2D eigenvalue weighted by Gasteiger charge is 2.32. The zero-order chi connectivity index (χ0) is 13.8. The van der Waals surface area contributed by atoms with E-state index in [1.807, 2.05) is 13.8 Å². The number of carboxylic acid groups (broad SMARTS) is 1. The quantitative estimate of drug-likeness (QED) is 0.672. The van der Waals surface area contributed by atoms with E-state index in [0.29, 0.717) is 0 Å². The normalized spacial score (nSPS) is 15.5. The monoisotopic (exact) mass is 244 g/mol. The summed E-state index contributed by atoms with van der Waals surface area (Å²) in [6.07, 6.45) is 0.150. The third kappa shape index (κ3) is 5.68. The van der Waals surface area contributed by atoms with Crippen molar-refractivity contribution in [2.45, 2.75) is 53.1 Å². The lowest BCUT2D eigenvalue weighted by Crippen LogP contribution is -2.50. The van der Waals surface area contributed by atoms with E-state index < -0.39 is 17.4 Å². The molecule has 0 aromatic rings. The van der Waals surface area contributed by atoms with Crippen LogP contribution < -0.4 is 11.1 Å². The number of carbonyl (C=O) groups is 2. The van der Waals surface area contributed by atoms with Crippen molar-refractivity contribution >= 4 is 11.9 Å². The van der Waals surface area contributed by atoms with Crippen LogP contribution in [0.2, 0.25) is 0 Å². The Morgan fingerprint density at radius 1 is 1.29 bits per heavy atom. The molecule has 0 saturated carbocycles. The van der Waals surface area contributed by atoms with Gasteiger partial charge in [-0.15, -0.1) is 0 Å². The Morgan fingerprint density at radius 2 is 1.76 bits per heavy atom. The van der Waals surface area contributed by atoms with Gasteiger partial charge in [-0.05, 0) is 11.3 Å². The molecular formula is C12H24N2O3. The summed E-state index contributed by atoms with van der Waals surface area (Å²) in [4.78, 5) is 22.7. The molecule has 100 valence electrons. The largest absolute Gasteiger partial charge is 0.480 e. The highest BCUT2D eigenvalue weighted by molar-refractivity contribution is 5.84. The van der Waals surface area contributed by atoms with Gasteiger partial charge >= 0.3 is 5.97 Å². The number of nitrogens with two attached hydrogens (primary N) is 1. The minimum atomic E-state index is -1.02. The van der Waals surface area contributed by atoms with Crippen molar-refractivity contribution in [2.75, 3.05) is 0 Å². The van der Waals surface area contributed by atoms with Crippen molar-refractivity contribution in [1.82, 2.24) is 5.32 Å². The van der Waals surface area contributed by atoms with E-state index in [0.717, 1.165) is 0 Å². The fourth-order valence-electron chi connectivity index (χ4n) is 1.32. The van der Waals surface area contributed by atoms with Crippen LogP contribution in [0.25, 0.3) is 0 Å². The second kappa shape index (κ2) is 6.00. The molecular weight excluding hydrogens is 220 g/mol. The second-order valence-electron chi connectivity index (χ2n) is 5.82. The van der Waals surface area contributed by atoms with Crippen molar-refractivity contribution in [3.05, 3.63) is 0 Å². The highest BCUT2D eigenvalue weighted by atomic mass is 16.4. The molecule has 0 radical (unpaired) electrons. The van der Waals surface area contributed by atoms with Crippen molar-refractivity contribution in [3.63, 3.8) is 0 Å². The van der Waals surface area contributed by atoms with Gasteiger partial charge < -0.3 is 16.2 Å². The Morgan fingerprint density at radius 3 is 2.06 bits per heavy atom. The maximum atomic E-state index is 11.7. The number of rotatable bonds is 5. The third-order valence-electron chi connectivity index (χ3n) is 2.70. The first-order valence-corrected chi connectivity index (χ1v) is 5.83. The second-order valence-corrected chi connectivity index (χ2v) is 5.82. The Bertz CT molecular complexity index is 282. The van der Waals surface area contributed by atoms with Crippen LogP contribution in [0, 0.1) is 11.3 Å². The molecule has 1 amide bonds. The van der Waals surface area contributed by atoms with Crippen LogP contribution in [0.4, 0.5) is 0 Å². The lowest BCUT2D eigenvalue weighted by molar-refractivity contribution is -0.145. The fourth-order valence-corrected chi connectivity index (χ4v) is 1.32. The van der Waals surface area contributed by atoms with Gasteiger partial charge in [0.1, 0.15) is 6.04 Å². The van der Waals surface area contributed by atoms with Gasteiger partial charge in [0.2, 0.25) is 5.91 Å². The SMILES string of the molecule is CC(C)C(N)CC(=O)N[C@H](C(=O)O)C(C)(C)C. The zero-order valence-corrected chi connectivity index (χ0v) is 11.3. The number of hydrogen-bond acceptors (Lipinski definition) is 3. The summed E-state index contributed by atoms with van der Waals surface area (Å²) in [6, 6.07) is -1.14. The summed E-state index contributed by atoms with van der Waals surface area (Å²) in [5.41, 5.74) is 5.25. The molecule has 0 aromatic heterocycles. The van der Waals surface area contributed by atoms with Crippen molar-refractivity contribution in [3.8, 4) is 0 Å². The van der Waals surface area contributed by atoms with Crippen LogP contribution in [-0.2, 0) is 9.59 Å². The van der Waals surface area contributed by atoms with E-state index in [4.69, 9.17) is 10.8 Å². The van der Waals surface area contributed by atoms with E-state index >= 15 is 0 Å². The number of nitrogens with one attached hydrogen (secondary N) is 1. The van der Waals surface area contributed by atoms with Gasteiger partial charge in [-0.2, -0.15) is 0 Å². The topological polar surface area (TPSA) is 92.4 Å². The first-order valence-electron chi connectivity index (χ1n) is 5.83. The molecule has 0 aliphatic heterocycles. The van der Waals surface area contributed by atoms with Gasteiger partial charge in [-0.3, -0.25) is 4.79 Å². The van der Waals surface area contributed by atoms with Crippen molar-refractivity contribution in [2.24, 2.45) is 17.1 Å². The minimum absolute atomic E-state index is 0.150. The standard InChI is InChI=1S/C12H24N2O3/c1-7(2)8(13)6-9(15)14-10(11(16)17)12(3,4)5/h7-8,10H,6,13H2,1-5H3,(H,14,15)(H,16,17)/t8?,10-/m1/s1. The molecule has 5 heteroatoms. The average Bonchev–Trinajstić information content (AvgIpc) is 2.11. The van der Waals surface area contributed by atoms with Gasteiger partial charge in [0, 0.05) is 12.5 Å². The third-order valence-corrected chi connectivity index (χ3v) is 2.70. The van der Waals surface area contributed by atoms with Crippen LogP contribution in [0.3, 0.4) is 0 Å². The summed E-state index contributed by atoms with van der Waals surface area (Å²) in [7, 11) is 0. The average molecular weight is 244 g/mol. The molecule has 0 aromatic carbocycles. The number of aliphatic carboxylic acids is 1. The zero-order valence-electron chi connectivity index (χ0n) is 11.3. The molecule has 0 bridgehead atoms. The first kappa shape index (κ1) is 15.9. The van der Waals surface area contributed by atoms with E-state index in [1.54, 1.807) is 20.8 Å². The summed E-state index contributed by atoms with van der Waals surface area (Å²) in [5.74, 6) is -1.14. The Kier molecular flexibility index (Phi) is 5.61. The molecule has 1 unspecified atom stereocenters. The maximum absolute atomic E-state index is 11.7. The van der Waals surface area contributed by atoms with Gasteiger partial charge in [0.05, 0.1) is 0 Å². The molecule has 0 aliphatic rings. The number of amides is 1. The first-order chi connectivity index (χ1) is 7.55. The summed E-state index contributed by atoms with van der Waals surface area (Å²) in [6.45, 7) is 9.17. The van der Waals surface area contributed by atoms with E-state index in [1.165, 1.54) is 0 Å². The molecule has 0 saturated heterocycles. The van der Waals surface area contributed by atoms with E-state index in [2.05, 4.69) is 5.32 Å². The molecule has 2 atom stereocenters. The molecule has 0 aliphatic carbocycles. The highest BCUT2D eigenvalue weighted by Crippen LogP contribution is 2.19. The van der Waals surface area contributed by atoms with Gasteiger partial charge in [0.15, 0.2) is 0 Å². The predicted molar refractivity (Wildman–Crippen MR) is 66.5 cm³/mol. The van der Waals surface area contributed by atoms with Crippen LogP contribution in [0.5, 0.6) is 0 Å². The van der Waals surface area contributed by atoms with Crippen molar-refractivity contribution in [1.29, 1.82) is 0 Å². The van der Waals surface area contributed by atoms with Gasteiger partial charge in [-0.25, -0.2) is 4.79 Å². The van der Waals surface area contributed by atoms with E-state index in [9.17, 15) is 9.59 Å². The Balaban J connectivity index is 4.49. The fraction of sp³-hybridized carbons (Fsp3) is 0.833. The molecule has 4 N–H and O–H groups in total. The molecule has 17 heavy (non-hydrogen) atoms. The summed E-state index contributed by atoms with van der Waals surface area (Å²) in [5, 5.41) is 11.6. The van der Waals surface area contributed by atoms with Crippen molar-refractivity contribution < 1.29 is 14.7 Å². The van der Waals surface area contributed by atoms with Gasteiger partial charge in [0.25, 0.3) is 0 Å². The summed E-state index contributed by atoms with van der Waals surface area (Å²) < 4.78 is 0. The predicted octanol–water partition coefficient (Wildman–Crippen LogP) is 0.975. The summed E-state index contributed by atoms with van der Waals surface area (Å²) >= 11 is 0. The molecule has 0 spiro atoms. The smallest absolute Gasteiger partial charge is 0.326 e. The molecule has 0 fully saturated rings. The maximum Gasteiger partial charge on any atom is 0.326 e. The minimum Gasteiger partial charge on any atom is -0.480 e. The lowest BCUT2D eigenvalue weighted by atomic mass is 9.86. The van der Waals surface area contributed by atoms with Crippen LogP contribution in [0.15, 0.2) is 0 Å². The van der Waals surface area contributed by atoms with Gasteiger partial charge in [-0.1, -0.05) is 34.6 Å². The van der Waals surface area contributed by atoms with Crippen LogP contribution in [0.1, 0.15) is 41.0 Å². The number of carboxylic acids is 1. The number of carbonyl (C=O) groups excluding carboxylic acids is 1.